The molecule has 3 N–H and O–H groups in total. The first-order chi connectivity index (χ1) is 22.7. The summed E-state index contributed by atoms with van der Waals surface area (Å²) in [6.07, 6.45) is 1.44. The molecule has 1 aliphatic rings. The van der Waals surface area contributed by atoms with Gasteiger partial charge in [0.25, 0.3) is 5.91 Å². The maximum Gasteiger partial charge on any atom is 0.338 e. The van der Waals surface area contributed by atoms with Gasteiger partial charge in [-0.05, 0) is 68.9 Å². The summed E-state index contributed by atoms with van der Waals surface area (Å²) in [6.45, 7) is 5.56. The Morgan fingerprint density at radius 2 is 1.62 bits per heavy atom. The molecule has 13 heteroatoms. The van der Waals surface area contributed by atoms with Crippen molar-refractivity contribution in [1.29, 1.82) is 0 Å². The van der Waals surface area contributed by atoms with Gasteiger partial charge < -0.3 is 34.3 Å². The first-order valence-corrected chi connectivity index (χ1v) is 15.2. The van der Waals surface area contributed by atoms with Gasteiger partial charge in [0.1, 0.15) is 12.4 Å². The molecule has 0 aliphatic carbocycles. The van der Waals surface area contributed by atoms with E-state index in [0.717, 1.165) is 5.56 Å². The lowest BCUT2D eigenvalue weighted by molar-refractivity contribution is -0.139. The fourth-order valence-corrected chi connectivity index (χ4v) is 4.93. The largest absolute Gasteiger partial charge is 0.493 e. The maximum atomic E-state index is 12.8. The second kappa shape index (κ2) is 16.8. The van der Waals surface area contributed by atoms with Gasteiger partial charge in [0.05, 0.1) is 43.7 Å². The van der Waals surface area contributed by atoms with Gasteiger partial charge in [-0.15, -0.1) is 0 Å². The highest BCUT2D eigenvalue weighted by Crippen LogP contribution is 2.34. The van der Waals surface area contributed by atoms with E-state index in [0.29, 0.717) is 56.9 Å². The molecule has 0 fully saturated rings. The van der Waals surface area contributed by atoms with Crippen molar-refractivity contribution in [2.45, 2.75) is 33.4 Å². The van der Waals surface area contributed by atoms with Crippen LogP contribution in [0.4, 0.5) is 0 Å². The SMILES string of the molecule is CCOC(=O)C1=C(C)NC(=S)N[C@@H]1c1ccccc1OCC(=O)NN=Cc1cccc(OC)c1OCc1ccc(C(=O)OCC)cc1. The van der Waals surface area contributed by atoms with Gasteiger partial charge >= 0.3 is 11.9 Å². The third-order valence-electron chi connectivity index (χ3n) is 6.82. The number of esters is 2. The van der Waals surface area contributed by atoms with Crippen molar-refractivity contribution in [2.24, 2.45) is 5.10 Å². The number of allylic oxidation sites excluding steroid dienone is 1. The molecule has 1 heterocycles. The van der Waals surface area contributed by atoms with Crippen molar-refractivity contribution in [2.75, 3.05) is 26.9 Å². The third kappa shape index (κ3) is 9.07. The molecule has 246 valence electrons. The van der Waals surface area contributed by atoms with Gasteiger partial charge in [-0.2, -0.15) is 5.10 Å². The Labute approximate surface area is 278 Å². The molecule has 12 nitrogen and oxygen atoms in total. The van der Waals surface area contributed by atoms with Gasteiger partial charge in [0, 0.05) is 16.8 Å². The Hall–Kier alpha value is -5.43. The van der Waals surface area contributed by atoms with Gasteiger partial charge in [-0.3, -0.25) is 4.79 Å². The number of amides is 1. The highest BCUT2D eigenvalue weighted by Gasteiger charge is 2.32. The summed E-state index contributed by atoms with van der Waals surface area (Å²) < 4.78 is 27.7. The summed E-state index contributed by atoms with van der Waals surface area (Å²) in [5.41, 5.74) is 5.80. The summed E-state index contributed by atoms with van der Waals surface area (Å²) in [6, 6.07) is 18.5. The van der Waals surface area contributed by atoms with E-state index >= 15 is 0 Å². The minimum absolute atomic E-state index is 0.188. The van der Waals surface area contributed by atoms with E-state index in [9.17, 15) is 14.4 Å². The molecule has 0 spiro atoms. The first kappa shape index (κ1) is 34.4. The maximum absolute atomic E-state index is 12.8. The van der Waals surface area contributed by atoms with Crippen molar-refractivity contribution in [3.63, 3.8) is 0 Å². The molecule has 1 amide bonds. The van der Waals surface area contributed by atoms with Crippen LogP contribution in [0.25, 0.3) is 0 Å². The van der Waals surface area contributed by atoms with Crippen molar-refractivity contribution in [1.82, 2.24) is 16.1 Å². The number of para-hydroxylation sites is 2. The van der Waals surface area contributed by atoms with Gasteiger partial charge in [-0.25, -0.2) is 15.0 Å². The van der Waals surface area contributed by atoms with E-state index in [1.54, 1.807) is 87.5 Å². The zero-order chi connectivity index (χ0) is 33.8. The average molecular weight is 661 g/mol. The summed E-state index contributed by atoms with van der Waals surface area (Å²) in [7, 11) is 1.52. The summed E-state index contributed by atoms with van der Waals surface area (Å²) in [5.74, 6) is -0.135. The predicted octanol–water partition coefficient (Wildman–Crippen LogP) is 4.34. The number of carbonyl (C=O) groups is 3. The van der Waals surface area contributed by atoms with Crippen molar-refractivity contribution >= 4 is 41.4 Å². The fourth-order valence-electron chi connectivity index (χ4n) is 4.66. The van der Waals surface area contributed by atoms with Crippen molar-refractivity contribution < 1.29 is 38.1 Å². The fraction of sp³-hybridized carbons (Fsp3) is 0.265. The molecule has 0 radical (unpaired) electrons. The Balaban J connectivity index is 1.41. The van der Waals surface area contributed by atoms with E-state index < -0.39 is 23.9 Å². The van der Waals surface area contributed by atoms with Crippen LogP contribution in [-0.4, -0.2) is 56.1 Å². The number of rotatable bonds is 14. The Morgan fingerprint density at radius 3 is 2.34 bits per heavy atom. The highest BCUT2D eigenvalue weighted by molar-refractivity contribution is 7.80. The standard InChI is InChI=1S/C34H36N4O8S/c1-5-43-32(40)23-16-14-22(15-17-23)19-46-31-24(10-9-13-27(31)42-4)18-35-38-28(39)20-45-26-12-8-7-11-25(26)30-29(33(41)44-6-2)21(3)36-34(47)37-30/h7-18,30H,5-6,19-20H2,1-4H3,(H,38,39)(H2,36,37,47)/t30-/m1/s1. The van der Waals surface area contributed by atoms with Crippen LogP contribution in [0.1, 0.15) is 53.9 Å². The Morgan fingerprint density at radius 1 is 0.915 bits per heavy atom. The number of benzene rings is 3. The van der Waals surface area contributed by atoms with Crippen LogP contribution in [0.5, 0.6) is 17.2 Å². The molecule has 0 saturated carbocycles. The van der Waals surface area contributed by atoms with E-state index in [2.05, 4.69) is 21.2 Å². The molecule has 1 aliphatic heterocycles. The van der Waals surface area contributed by atoms with Gasteiger partial charge in [-0.1, -0.05) is 36.4 Å². The average Bonchev–Trinajstić information content (AvgIpc) is 3.06. The lowest BCUT2D eigenvalue weighted by atomic mass is 9.95. The summed E-state index contributed by atoms with van der Waals surface area (Å²) in [4.78, 5) is 37.4. The molecule has 0 bridgehead atoms. The number of nitrogens with one attached hydrogen (secondary N) is 3. The normalized spacial score (nSPS) is 14.1. The number of hydrogen-bond donors (Lipinski definition) is 3. The molecule has 0 saturated heterocycles. The molecule has 3 aromatic carbocycles. The third-order valence-corrected chi connectivity index (χ3v) is 7.04. The van der Waals surface area contributed by atoms with E-state index in [1.807, 2.05) is 0 Å². The molecule has 1 atom stereocenters. The Kier molecular flexibility index (Phi) is 12.3. The quantitative estimate of drug-likeness (QED) is 0.0983. The Bertz CT molecular complexity index is 1670. The highest BCUT2D eigenvalue weighted by atomic mass is 32.1. The number of carbonyl (C=O) groups excluding carboxylic acids is 3. The second-order valence-electron chi connectivity index (χ2n) is 9.99. The molecule has 0 unspecified atom stereocenters. The van der Waals surface area contributed by atoms with E-state index in [1.165, 1.54) is 13.3 Å². The molecule has 0 aromatic heterocycles. The van der Waals surface area contributed by atoms with Gasteiger partial charge in [0.15, 0.2) is 23.2 Å². The smallest absolute Gasteiger partial charge is 0.338 e. The van der Waals surface area contributed by atoms with Crippen molar-refractivity contribution in [3.05, 3.63) is 100 Å². The van der Waals surface area contributed by atoms with Crippen LogP contribution in [0.3, 0.4) is 0 Å². The molecule has 47 heavy (non-hydrogen) atoms. The molecule has 4 rings (SSSR count). The number of hydrazone groups is 1. The summed E-state index contributed by atoms with van der Waals surface area (Å²) in [5, 5.41) is 10.5. The zero-order valence-corrected chi connectivity index (χ0v) is 27.3. The van der Waals surface area contributed by atoms with Crippen LogP contribution in [-0.2, 0) is 25.7 Å². The van der Waals surface area contributed by atoms with Crippen molar-refractivity contribution in [3.8, 4) is 17.2 Å². The monoisotopic (exact) mass is 660 g/mol. The molecular weight excluding hydrogens is 624 g/mol. The van der Waals surface area contributed by atoms with Crippen LogP contribution in [0, 0.1) is 0 Å². The predicted molar refractivity (Wildman–Crippen MR) is 178 cm³/mol. The van der Waals surface area contributed by atoms with E-state index in [4.69, 9.17) is 35.9 Å². The first-order valence-electron chi connectivity index (χ1n) is 14.8. The lowest BCUT2D eigenvalue weighted by Crippen LogP contribution is -2.45. The summed E-state index contributed by atoms with van der Waals surface area (Å²) >= 11 is 5.33. The number of thiocarbonyl (C=S) groups is 1. The molecule has 3 aromatic rings. The van der Waals surface area contributed by atoms with Crippen LogP contribution in [0.15, 0.2) is 83.1 Å². The van der Waals surface area contributed by atoms with E-state index in [-0.39, 0.29) is 19.8 Å². The lowest BCUT2D eigenvalue weighted by Gasteiger charge is -2.30. The van der Waals surface area contributed by atoms with Crippen LogP contribution in [0.2, 0.25) is 0 Å². The topological polar surface area (TPSA) is 146 Å². The van der Waals surface area contributed by atoms with Gasteiger partial charge in [0.2, 0.25) is 0 Å². The number of ether oxygens (including phenoxy) is 5. The minimum atomic E-state index is -0.651. The second-order valence-corrected chi connectivity index (χ2v) is 10.4. The number of nitrogens with zero attached hydrogens (tertiary/aromatic N) is 1. The van der Waals surface area contributed by atoms with Crippen LogP contribution >= 0.6 is 12.2 Å². The number of methoxy groups -OCH3 is 1. The van der Waals surface area contributed by atoms with Crippen LogP contribution < -0.4 is 30.3 Å². The number of hydrogen-bond acceptors (Lipinski definition) is 10. The zero-order valence-electron chi connectivity index (χ0n) is 26.5. The minimum Gasteiger partial charge on any atom is -0.493 e. The molecular formula is C34H36N4O8S.